The third kappa shape index (κ3) is 2.73. The molecule has 4 nitrogen and oxygen atoms in total. The van der Waals surface area contributed by atoms with E-state index in [1.165, 1.54) is 5.56 Å². The Morgan fingerprint density at radius 2 is 1.41 bits per heavy atom. The number of rotatable bonds is 3. The minimum absolute atomic E-state index is 0.191. The van der Waals surface area contributed by atoms with E-state index in [2.05, 4.69) is 58.9 Å². The second-order valence-electron chi connectivity index (χ2n) is 10.6. The van der Waals surface area contributed by atoms with Crippen molar-refractivity contribution in [3.63, 3.8) is 0 Å². The monoisotopic (exact) mass is 430 g/mol. The average molecular weight is 431 g/mol. The normalized spacial score (nSPS) is 26.4. The highest BCUT2D eigenvalue weighted by Crippen LogP contribution is 2.69. The molecule has 0 amide bonds. The predicted octanol–water partition coefficient (Wildman–Crippen LogP) is 6.68. The van der Waals surface area contributed by atoms with Crippen molar-refractivity contribution in [3.8, 4) is 28.0 Å². The molecule has 3 aromatic carbocycles. The van der Waals surface area contributed by atoms with E-state index in [1.807, 2.05) is 42.5 Å². The van der Waals surface area contributed by atoms with E-state index in [0.717, 1.165) is 22.3 Å². The molecule has 166 valence electrons. The van der Waals surface area contributed by atoms with Crippen LogP contribution in [0.1, 0.15) is 40.2 Å². The van der Waals surface area contributed by atoms with Crippen molar-refractivity contribution in [2.45, 2.75) is 46.0 Å². The lowest BCUT2D eigenvalue weighted by Gasteiger charge is -2.61. The van der Waals surface area contributed by atoms with Crippen molar-refractivity contribution in [3.05, 3.63) is 78.4 Å². The molecule has 0 aliphatic carbocycles. The van der Waals surface area contributed by atoms with Gasteiger partial charge in [0, 0.05) is 22.0 Å². The van der Waals surface area contributed by atoms with Gasteiger partial charge in [-0.05, 0) is 22.8 Å². The summed E-state index contributed by atoms with van der Waals surface area (Å²) in [6.45, 7) is 11.2. The molecule has 0 spiro atoms. The van der Waals surface area contributed by atoms with Crippen LogP contribution in [0.25, 0.3) is 22.3 Å². The van der Waals surface area contributed by atoms with E-state index in [4.69, 9.17) is 14.5 Å². The number of fused-ring (bicyclic) bond motifs is 1. The van der Waals surface area contributed by atoms with Gasteiger partial charge in [0.05, 0.1) is 6.61 Å². The van der Waals surface area contributed by atoms with Crippen LogP contribution in [0.2, 0.25) is 0 Å². The second kappa shape index (κ2) is 6.92. The highest BCUT2D eigenvalue weighted by molar-refractivity contribution is 5.74. The molecule has 2 unspecified atom stereocenters. The summed E-state index contributed by atoms with van der Waals surface area (Å²) in [4.78, 5) is 11.6. The third-order valence-electron chi connectivity index (χ3n) is 7.07. The van der Waals surface area contributed by atoms with Gasteiger partial charge in [0.25, 0.3) is 5.79 Å². The zero-order chi connectivity index (χ0) is 22.8. The van der Waals surface area contributed by atoms with Gasteiger partial charge in [-0.3, -0.25) is 0 Å². The Balaban J connectivity index is 1.51. The van der Waals surface area contributed by atoms with Crippen LogP contribution in [0.5, 0.6) is 5.75 Å². The number of phenols is 1. The number of aromatic hydroxyl groups is 1. The molecule has 32 heavy (non-hydrogen) atoms. The van der Waals surface area contributed by atoms with Crippen molar-refractivity contribution in [2.75, 3.05) is 6.61 Å². The molecule has 2 saturated heterocycles. The maximum atomic E-state index is 11.0. The fourth-order valence-electron chi connectivity index (χ4n) is 5.69. The van der Waals surface area contributed by atoms with E-state index in [-0.39, 0.29) is 16.6 Å². The maximum absolute atomic E-state index is 11.0. The van der Waals surface area contributed by atoms with Crippen LogP contribution in [0, 0.1) is 10.8 Å². The summed E-state index contributed by atoms with van der Waals surface area (Å²) >= 11 is 0. The Morgan fingerprint density at radius 1 is 0.781 bits per heavy atom. The van der Waals surface area contributed by atoms with Crippen molar-refractivity contribution in [1.29, 1.82) is 0 Å². The summed E-state index contributed by atoms with van der Waals surface area (Å²) in [6, 6.07) is 24.1. The van der Waals surface area contributed by atoms with Crippen LogP contribution in [-0.2, 0) is 20.3 Å². The van der Waals surface area contributed by atoms with Crippen LogP contribution >= 0.6 is 0 Å². The van der Waals surface area contributed by atoms with Gasteiger partial charge in [0.2, 0.25) is 0 Å². The summed E-state index contributed by atoms with van der Waals surface area (Å²) < 4.78 is 6.28. The molecular weight excluding hydrogens is 400 g/mol. The van der Waals surface area contributed by atoms with Gasteiger partial charge in [-0.25, -0.2) is 4.89 Å². The van der Waals surface area contributed by atoms with E-state index < -0.39 is 11.4 Å². The lowest BCUT2D eigenvalue weighted by molar-refractivity contribution is -0.626. The van der Waals surface area contributed by atoms with Crippen LogP contribution in [0.3, 0.4) is 0 Å². The number of ether oxygens (including phenoxy) is 1. The van der Waals surface area contributed by atoms with Crippen LogP contribution in [-0.4, -0.2) is 17.3 Å². The summed E-state index contributed by atoms with van der Waals surface area (Å²) in [5.41, 5.74) is 3.62. The van der Waals surface area contributed by atoms with E-state index in [1.54, 1.807) is 6.07 Å². The third-order valence-corrected chi connectivity index (χ3v) is 7.07. The molecule has 2 fully saturated rings. The summed E-state index contributed by atoms with van der Waals surface area (Å²) in [7, 11) is 0. The predicted molar refractivity (Wildman–Crippen MR) is 125 cm³/mol. The smallest absolute Gasteiger partial charge is 0.261 e. The fraction of sp³-hybridized carbons (Fsp3) is 0.357. The molecule has 1 N–H and O–H groups in total. The van der Waals surface area contributed by atoms with Crippen LogP contribution in [0.4, 0.5) is 0 Å². The zero-order valence-corrected chi connectivity index (χ0v) is 19.3. The summed E-state index contributed by atoms with van der Waals surface area (Å²) in [5, 5.41) is 11.0. The molecule has 2 heterocycles. The van der Waals surface area contributed by atoms with Crippen molar-refractivity contribution < 1.29 is 19.6 Å². The Labute approximate surface area is 189 Å². The van der Waals surface area contributed by atoms with Gasteiger partial charge < -0.3 is 9.84 Å². The van der Waals surface area contributed by atoms with Crippen molar-refractivity contribution >= 4 is 0 Å². The highest BCUT2D eigenvalue weighted by atomic mass is 17.3. The lowest BCUT2D eigenvalue weighted by Crippen LogP contribution is -2.72. The first kappa shape index (κ1) is 21.2. The fourth-order valence-corrected chi connectivity index (χ4v) is 5.69. The molecule has 0 saturated carbocycles. The van der Waals surface area contributed by atoms with Crippen LogP contribution in [0.15, 0.2) is 72.8 Å². The first-order valence-corrected chi connectivity index (χ1v) is 11.1. The van der Waals surface area contributed by atoms with Crippen molar-refractivity contribution in [2.24, 2.45) is 10.8 Å². The topological polar surface area (TPSA) is 47.9 Å². The number of hydrogen-bond acceptors (Lipinski definition) is 4. The van der Waals surface area contributed by atoms with E-state index in [9.17, 15) is 5.11 Å². The molecule has 2 aliphatic rings. The first-order chi connectivity index (χ1) is 15.1. The molecule has 0 aromatic heterocycles. The van der Waals surface area contributed by atoms with Gasteiger partial charge >= 0.3 is 0 Å². The minimum atomic E-state index is -1.04. The number of hydrogen-bond donors (Lipinski definition) is 1. The second-order valence-corrected chi connectivity index (χ2v) is 10.6. The molecule has 3 aromatic rings. The van der Waals surface area contributed by atoms with Gasteiger partial charge in [-0.2, -0.15) is 4.89 Å². The SMILES string of the molecule is CC(C)(C)C12OOC1(c1ccc(-c3ccc(-c4ccccc4)cc3)c(O)c1)OCC2(C)C. The largest absolute Gasteiger partial charge is 0.507 e. The first-order valence-electron chi connectivity index (χ1n) is 11.1. The van der Waals surface area contributed by atoms with Crippen LogP contribution < -0.4 is 0 Å². The quantitative estimate of drug-likeness (QED) is 0.471. The Morgan fingerprint density at radius 3 is 1.97 bits per heavy atom. The molecule has 0 bridgehead atoms. The number of benzene rings is 3. The molecule has 2 aliphatic heterocycles. The van der Waals surface area contributed by atoms with Gasteiger partial charge in [0.15, 0.2) is 5.60 Å². The molecule has 4 heteroatoms. The van der Waals surface area contributed by atoms with Gasteiger partial charge in [-0.15, -0.1) is 0 Å². The summed E-state index contributed by atoms with van der Waals surface area (Å²) in [5.74, 6) is -0.849. The zero-order valence-electron chi connectivity index (χ0n) is 19.3. The molecule has 5 rings (SSSR count). The number of phenolic OH excluding ortho intramolecular Hbond substituents is 1. The molecular formula is C28H30O4. The summed E-state index contributed by atoms with van der Waals surface area (Å²) in [6.07, 6.45) is 0. The maximum Gasteiger partial charge on any atom is 0.261 e. The van der Waals surface area contributed by atoms with Gasteiger partial charge in [0.1, 0.15) is 5.75 Å². The average Bonchev–Trinajstić information content (AvgIpc) is 2.90. The Kier molecular flexibility index (Phi) is 4.58. The molecule has 2 atom stereocenters. The Hall–Kier alpha value is -2.66. The van der Waals surface area contributed by atoms with Crippen molar-refractivity contribution in [1.82, 2.24) is 0 Å². The standard InChI is InChI=1S/C28H30O4/c1-25(2,3)28-26(4,5)18-30-27(28,31-32-28)22-15-16-23(24(29)17-22)21-13-11-20(12-14-21)19-9-7-6-8-10-19/h6-17,29H,18H2,1-5H3. The Bertz CT molecular complexity index is 1140. The lowest BCUT2D eigenvalue weighted by atomic mass is 9.57. The van der Waals surface area contributed by atoms with Gasteiger partial charge in [-0.1, -0.05) is 101 Å². The molecule has 0 radical (unpaired) electrons. The highest BCUT2D eigenvalue weighted by Gasteiger charge is 2.81. The van der Waals surface area contributed by atoms with E-state index >= 15 is 0 Å². The van der Waals surface area contributed by atoms with E-state index in [0.29, 0.717) is 6.61 Å². The minimum Gasteiger partial charge on any atom is -0.507 e.